The van der Waals surface area contributed by atoms with E-state index in [1.807, 2.05) is 4.90 Å². The highest BCUT2D eigenvalue weighted by Crippen LogP contribution is 2.09. The molecule has 0 radical (unpaired) electrons. The van der Waals surface area contributed by atoms with Gasteiger partial charge in [0.05, 0.1) is 0 Å². The zero-order valence-corrected chi connectivity index (χ0v) is 12.1. The highest BCUT2D eigenvalue weighted by molar-refractivity contribution is 9.10. The van der Waals surface area contributed by atoms with E-state index >= 15 is 0 Å². The van der Waals surface area contributed by atoms with Gasteiger partial charge in [-0.15, -0.1) is 0 Å². The van der Waals surface area contributed by atoms with E-state index in [1.54, 1.807) is 18.3 Å². The Bertz CT molecular complexity index is 473. The predicted octanol–water partition coefficient (Wildman–Crippen LogP) is 1.59. The maximum atomic E-state index is 11.8. The molecule has 1 aromatic rings. The van der Waals surface area contributed by atoms with E-state index < -0.39 is 0 Å². The van der Waals surface area contributed by atoms with Crippen molar-refractivity contribution in [2.45, 2.75) is 19.3 Å². The smallest absolute Gasteiger partial charge is 0.251 e. The van der Waals surface area contributed by atoms with Gasteiger partial charge in [-0.3, -0.25) is 9.59 Å². The molecule has 1 fully saturated rings. The number of amides is 2. The van der Waals surface area contributed by atoms with Crippen molar-refractivity contribution in [1.82, 2.24) is 15.2 Å². The average molecular weight is 326 g/mol. The Balaban J connectivity index is 1.76. The Hall–Kier alpha value is -1.43. The first-order valence-electron chi connectivity index (χ1n) is 6.34. The molecule has 1 saturated heterocycles. The largest absolute Gasteiger partial charge is 0.352 e. The lowest BCUT2D eigenvalue weighted by atomic mass is 10.2. The molecule has 0 aliphatic carbocycles. The van der Waals surface area contributed by atoms with Crippen LogP contribution in [0.2, 0.25) is 0 Å². The van der Waals surface area contributed by atoms with Crippen LogP contribution < -0.4 is 5.32 Å². The van der Waals surface area contributed by atoms with Crippen molar-refractivity contribution in [3.8, 4) is 0 Å². The Kier molecular flexibility index (Phi) is 4.90. The number of halogens is 1. The standard InChI is InChI=1S/C13H16BrN3O2/c14-11-9-10(3-5-15-11)13(19)16-6-4-12(18)17-7-1-2-8-17/h3,5,9H,1-2,4,6-8H2,(H,16,19). The molecule has 5 nitrogen and oxygen atoms in total. The Labute approximate surface area is 120 Å². The molecule has 6 heteroatoms. The van der Waals surface area contributed by atoms with Crippen LogP contribution in [0.3, 0.4) is 0 Å². The summed E-state index contributed by atoms with van der Waals surface area (Å²) in [6.45, 7) is 2.07. The number of nitrogens with one attached hydrogen (secondary N) is 1. The van der Waals surface area contributed by atoms with E-state index in [2.05, 4.69) is 26.2 Å². The topological polar surface area (TPSA) is 62.3 Å². The Morgan fingerprint density at radius 2 is 2.11 bits per heavy atom. The maximum Gasteiger partial charge on any atom is 0.251 e. The fourth-order valence-corrected chi connectivity index (χ4v) is 2.42. The summed E-state index contributed by atoms with van der Waals surface area (Å²) in [6.07, 6.45) is 4.10. The Morgan fingerprint density at radius 1 is 1.37 bits per heavy atom. The lowest BCUT2D eigenvalue weighted by molar-refractivity contribution is -0.129. The summed E-state index contributed by atoms with van der Waals surface area (Å²) in [5.74, 6) is -0.0639. The SMILES string of the molecule is O=C(NCCC(=O)N1CCCC1)c1ccnc(Br)c1. The molecule has 0 unspecified atom stereocenters. The van der Waals surface area contributed by atoms with Crippen molar-refractivity contribution in [1.29, 1.82) is 0 Å². The molecule has 0 bridgehead atoms. The van der Waals surface area contributed by atoms with Gasteiger partial charge in [-0.2, -0.15) is 0 Å². The normalized spacial score (nSPS) is 14.5. The number of aromatic nitrogens is 1. The molecule has 1 aromatic heterocycles. The third-order valence-corrected chi connectivity index (χ3v) is 3.51. The number of carbonyl (C=O) groups is 2. The van der Waals surface area contributed by atoms with Gasteiger partial charge in [0.2, 0.25) is 5.91 Å². The van der Waals surface area contributed by atoms with Gasteiger partial charge in [0, 0.05) is 37.8 Å². The van der Waals surface area contributed by atoms with Gasteiger partial charge in [-0.05, 0) is 40.9 Å². The number of rotatable bonds is 4. The second kappa shape index (κ2) is 6.65. The first-order valence-corrected chi connectivity index (χ1v) is 7.13. The molecular weight excluding hydrogens is 310 g/mol. The molecule has 2 heterocycles. The third-order valence-electron chi connectivity index (χ3n) is 3.07. The van der Waals surface area contributed by atoms with Gasteiger partial charge < -0.3 is 10.2 Å². The van der Waals surface area contributed by atoms with Crippen molar-refractivity contribution >= 4 is 27.7 Å². The molecule has 0 aromatic carbocycles. The fourth-order valence-electron chi connectivity index (χ4n) is 2.05. The van der Waals surface area contributed by atoms with Gasteiger partial charge in [-0.25, -0.2) is 4.98 Å². The fraction of sp³-hybridized carbons (Fsp3) is 0.462. The van der Waals surface area contributed by atoms with Crippen molar-refractivity contribution in [3.05, 3.63) is 28.5 Å². The quantitative estimate of drug-likeness (QED) is 0.855. The molecule has 0 atom stereocenters. The zero-order chi connectivity index (χ0) is 13.7. The molecule has 19 heavy (non-hydrogen) atoms. The van der Waals surface area contributed by atoms with Crippen LogP contribution in [0, 0.1) is 0 Å². The summed E-state index contributed by atoms with van der Waals surface area (Å²) in [6, 6.07) is 3.29. The zero-order valence-electron chi connectivity index (χ0n) is 10.6. The van der Waals surface area contributed by atoms with E-state index in [1.165, 1.54) is 0 Å². The molecular formula is C13H16BrN3O2. The van der Waals surface area contributed by atoms with E-state index in [0.717, 1.165) is 25.9 Å². The van der Waals surface area contributed by atoms with Crippen LogP contribution in [0.25, 0.3) is 0 Å². The van der Waals surface area contributed by atoms with Gasteiger partial charge in [-0.1, -0.05) is 0 Å². The highest BCUT2D eigenvalue weighted by Gasteiger charge is 2.17. The number of hydrogen-bond donors (Lipinski definition) is 1. The van der Waals surface area contributed by atoms with Gasteiger partial charge in [0.25, 0.3) is 5.91 Å². The first-order chi connectivity index (χ1) is 9.16. The summed E-state index contributed by atoms with van der Waals surface area (Å²) in [5.41, 5.74) is 0.537. The van der Waals surface area contributed by atoms with Crippen molar-refractivity contribution in [3.63, 3.8) is 0 Å². The molecule has 0 spiro atoms. The van der Waals surface area contributed by atoms with E-state index in [4.69, 9.17) is 0 Å². The summed E-state index contributed by atoms with van der Waals surface area (Å²) in [5, 5.41) is 2.75. The van der Waals surface area contributed by atoms with Crippen LogP contribution >= 0.6 is 15.9 Å². The van der Waals surface area contributed by atoms with Crippen LogP contribution in [0.5, 0.6) is 0 Å². The number of likely N-dealkylation sites (tertiary alicyclic amines) is 1. The third kappa shape index (κ3) is 4.02. The second-order valence-electron chi connectivity index (χ2n) is 4.46. The minimum Gasteiger partial charge on any atom is -0.352 e. The summed E-state index contributed by atoms with van der Waals surface area (Å²) < 4.78 is 0.619. The lowest BCUT2D eigenvalue weighted by Crippen LogP contribution is -2.32. The van der Waals surface area contributed by atoms with Crippen molar-refractivity contribution in [2.24, 2.45) is 0 Å². The minimum absolute atomic E-state index is 0.119. The maximum absolute atomic E-state index is 11.8. The molecule has 1 N–H and O–H groups in total. The van der Waals surface area contributed by atoms with Crippen LogP contribution in [0.1, 0.15) is 29.6 Å². The number of carbonyl (C=O) groups excluding carboxylic acids is 2. The number of nitrogens with zero attached hydrogens (tertiary/aromatic N) is 2. The minimum atomic E-state index is -0.183. The molecule has 1 aliphatic heterocycles. The first kappa shape index (κ1) is 14.0. The number of pyridine rings is 1. The predicted molar refractivity (Wildman–Crippen MR) is 74.7 cm³/mol. The molecule has 102 valence electrons. The molecule has 0 saturated carbocycles. The molecule has 2 amide bonds. The van der Waals surface area contributed by atoms with E-state index in [0.29, 0.717) is 23.1 Å². The van der Waals surface area contributed by atoms with Crippen LogP contribution in [-0.4, -0.2) is 41.3 Å². The Morgan fingerprint density at radius 3 is 2.79 bits per heavy atom. The average Bonchev–Trinajstić information content (AvgIpc) is 2.92. The van der Waals surface area contributed by atoms with Gasteiger partial charge in [0.1, 0.15) is 4.60 Å². The van der Waals surface area contributed by atoms with E-state index in [-0.39, 0.29) is 11.8 Å². The highest BCUT2D eigenvalue weighted by atomic mass is 79.9. The van der Waals surface area contributed by atoms with Gasteiger partial charge >= 0.3 is 0 Å². The monoisotopic (exact) mass is 325 g/mol. The molecule has 2 rings (SSSR count). The summed E-state index contributed by atoms with van der Waals surface area (Å²) >= 11 is 3.21. The van der Waals surface area contributed by atoms with Gasteiger partial charge in [0.15, 0.2) is 0 Å². The van der Waals surface area contributed by atoms with Crippen LogP contribution in [-0.2, 0) is 4.79 Å². The lowest BCUT2D eigenvalue weighted by Gasteiger charge is -2.15. The summed E-state index contributed by atoms with van der Waals surface area (Å²) in [4.78, 5) is 29.4. The number of hydrogen-bond acceptors (Lipinski definition) is 3. The molecule has 1 aliphatic rings. The van der Waals surface area contributed by atoms with Crippen molar-refractivity contribution < 1.29 is 9.59 Å². The van der Waals surface area contributed by atoms with Crippen LogP contribution in [0.15, 0.2) is 22.9 Å². The second-order valence-corrected chi connectivity index (χ2v) is 5.27. The van der Waals surface area contributed by atoms with Crippen LogP contribution in [0.4, 0.5) is 0 Å². The summed E-state index contributed by atoms with van der Waals surface area (Å²) in [7, 11) is 0. The van der Waals surface area contributed by atoms with E-state index in [9.17, 15) is 9.59 Å². The van der Waals surface area contributed by atoms with Crippen molar-refractivity contribution in [2.75, 3.05) is 19.6 Å².